The summed E-state index contributed by atoms with van der Waals surface area (Å²) in [6.07, 6.45) is 2.80. The maximum atomic E-state index is 11.4. The number of halogens is 1. The molecule has 0 saturated heterocycles. The van der Waals surface area contributed by atoms with Gasteiger partial charge in [0.25, 0.3) is 0 Å². The van der Waals surface area contributed by atoms with Gasteiger partial charge in [0.15, 0.2) is 12.4 Å². The van der Waals surface area contributed by atoms with Crippen LogP contribution in [0.3, 0.4) is 0 Å². The molecule has 1 unspecified atom stereocenters. The lowest BCUT2D eigenvalue weighted by molar-refractivity contribution is -0.606. The average molecular weight is 319 g/mol. The van der Waals surface area contributed by atoms with Crippen molar-refractivity contribution in [1.82, 2.24) is 0 Å². The second-order valence-corrected chi connectivity index (χ2v) is 5.14. The largest absolute Gasteiger partial charge is 0.619 e. The van der Waals surface area contributed by atoms with Crippen LogP contribution in [0.25, 0.3) is 10.4 Å². The standard InChI is InChI=1S/C13H11BrN4O/c1-13(16-17-15,10-4-2-6-12(14)8-10)11-5-3-7-18(19)9-11/h2-9H,1H3. The molecule has 0 bridgehead atoms. The predicted octanol–water partition coefficient (Wildman–Crippen LogP) is 3.66. The van der Waals surface area contributed by atoms with Gasteiger partial charge in [-0.2, -0.15) is 4.73 Å². The van der Waals surface area contributed by atoms with Gasteiger partial charge in [-0.25, -0.2) is 0 Å². The zero-order valence-corrected chi connectivity index (χ0v) is 11.8. The minimum absolute atomic E-state index is 0.640. The Labute approximate surface area is 118 Å². The van der Waals surface area contributed by atoms with Crippen molar-refractivity contribution in [1.29, 1.82) is 0 Å². The van der Waals surface area contributed by atoms with Crippen molar-refractivity contribution in [2.45, 2.75) is 12.5 Å². The molecule has 0 saturated carbocycles. The summed E-state index contributed by atoms with van der Waals surface area (Å²) in [6.45, 7) is 1.78. The lowest BCUT2D eigenvalue weighted by Gasteiger charge is -2.24. The van der Waals surface area contributed by atoms with Crippen molar-refractivity contribution >= 4 is 15.9 Å². The summed E-state index contributed by atoms with van der Waals surface area (Å²) >= 11 is 3.39. The van der Waals surface area contributed by atoms with Gasteiger partial charge in [-0.05, 0) is 36.2 Å². The van der Waals surface area contributed by atoms with Crippen molar-refractivity contribution in [3.05, 3.63) is 80.0 Å². The molecule has 0 aliphatic rings. The van der Waals surface area contributed by atoms with E-state index in [0.717, 1.165) is 10.0 Å². The van der Waals surface area contributed by atoms with E-state index in [1.807, 2.05) is 24.3 Å². The van der Waals surface area contributed by atoms with E-state index < -0.39 is 5.54 Å². The Morgan fingerprint density at radius 3 is 2.68 bits per heavy atom. The number of nitrogens with zero attached hydrogens (tertiary/aromatic N) is 4. The highest BCUT2D eigenvalue weighted by atomic mass is 79.9. The van der Waals surface area contributed by atoms with Gasteiger partial charge >= 0.3 is 0 Å². The van der Waals surface area contributed by atoms with Gasteiger partial charge < -0.3 is 5.21 Å². The number of hydrogen-bond acceptors (Lipinski definition) is 2. The Morgan fingerprint density at radius 2 is 2.05 bits per heavy atom. The summed E-state index contributed by atoms with van der Waals surface area (Å²) in [5.41, 5.74) is 9.35. The molecular weight excluding hydrogens is 308 g/mol. The summed E-state index contributed by atoms with van der Waals surface area (Å²) < 4.78 is 1.58. The number of hydrogen-bond donors (Lipinski definition) is 0. The van der Waals surface area contributed by atoms with Gasteiger partial charge in [0.1, 0.15) is 5.54 Å². The number of benzene rings is 1. The molecule has 19 heavy (non-hydrogen) atoms. The van der Waals surface area contributed by atoms with Crippen LogP contribution in [-0.4, -0.2) is 0 Å². The Kier molecular flexibility index (Phi) is 3.74. The SMILES string of the molecule is CC(N=[N+]=[N-])(c1cccc(Br)c1)c1ccc[n+]([O-])c1. The molecule has 0 fully saturated rings. The molecule has 0 radical (unpaired) electrons. The third-order valence-electron chi connectivity index (χ3n) is 2.97. The minimum atomic E-state index is -0.925. The van der Waals surface area contributed by atoms with E-state index in [4.69, 9.17) is 5.53 Å². The van der Waals surface area contributed by atoms with Crippen LogP contribution in [0.5, 0.6) is 0 Å². The molecule has 1 heterocycles. The van der Waals surface area contributed by atoms with E-state index in [1.165, 1.54) is 12.4 Å². The van der Waals surface area contributed by atoms with Gasteiger partial charge in [0, 0.05) is 21.0 Å². The lowest BCUT2D eigenvalue weighted by atomic mass is 9.86. The number of azide groups is 1. The normalized spacial score (nSPS) is 13.4. The lowest BCUT2D eigenvalue weighted by Crippen LogP contribution is -2.29. The Morgan fingerprint density at radius 1 is 1.32 bits per heavy atom. The van der Waals surface area contributed by atoms with Crippen LogP contribution in [0, 0.1) is 5.21 Å². The van der Waals surface area contributed by atoms with Crippen molar-refractivity contribution in [3.63, 3.8) is 0 Å². The smallest absolute Gasteiger partial charge is 0.184 e. The highest BCUT2D eigenvalue weighted by Crippen LogP contribution is 2.34. The fourth-order valence-electron chi connectivity index (χ4n) is 1.91. The van der Waals surface area contributed by atoms with Crippen LogP contribution < -0.4 is 4.73 Å². The second kappa shape index (κ2) is 5.30. The molecule has 2 aromatic rings. The van der Waals surface area contributed by atoms with Crippen molar-refractivity contribution in [2.24, 2.45) is 5.11 Å². The van der Waals surface area contributed by atoms with Crippen LogP contribution in [0.1, 0.15) is 18.1 Å². The first-order valence-electron chi connectivity index (χ1n) is 5.58. The molecule has 1 atom stereocenters. The fraction of sp³-hybridized carbons (Fsp3) is 0.154. The quantitative estimate of drug-likeness (QED) is 0.280. The molecule has 5 nitrogen and oxygen atoms in total. The monoisotopic (exact) mass is 318 g/mol. The van der Waals surface area contributed by atoms with E-state index >= 15 is 0 Å². The van der Waals surface area contributed by atoms with E-state index in [1.54, 1.807) is 19.1 Å². The first-order chi connectivity index (χ1) is 9.06. The Balaban J connectivity index is 2.64. The first kappa shape index (κ1) is 13.4. The van der Waals surface area contributed by atoms with Crippen LogP contribution >= 0.6 is 15.9 Å². The fourth-order valence-corrected chi connectivity index (χ4v) is 2.30. The highest BCUT2D eigenvalue weighted by Gasteiger charge is 2.29. The maximum Gasteiger partial charge on any atom is 0.184 e. The van der Waals surface area contributed by atoms with Crippen molar-refractivity contribution in [2.75, 3.05) is 0 Å². The van der Waals surface area contributed by atoms with Gasteiger partial charge in [0.2, 0.25) is 0 Å². The first-order valence-corrected chi connectivity index (χ1v) is 6.37. The average Bonchev–Trinajstić information content (AvgIpc) is 2.39. The molecule has 1 aromatic heterocycles. The van der Waals surface area contributed by atoms with E-state index in [-0.39, 0.29) is 0 Å². The highest BCUT2D eigenvalue weighted by molar-refractivity contribution is 9.10. The molecule has 0 aliphatic carbocycles. The minimum Gasteiger partial charge on any atom is -0.619 e. The van der Waals surface area contributed by atoms with E-state index in [9.17, 15) is 5.21 Å². The Bertz CT molecular complexity index is 607. The Hall–Kier alpha value is -2.04. The molecule has 6 heteroatoms. The van der Waals surface area contributed by atoms with Crippen LogP contribution in [0.15, 0.2) is 58.4 Å². The third kappa shape index (κ3) is 2.70. The summed E-state index contributed by atoms with van der Waals surface area (Å²) in [7, 11) is 0. The van der Waals surface area contributed by atoms with Crippen molar-refractivity contribution in [3.8, 4) is 0 Å². The molecule has 2 rings (SSSR count). The molecule has 0 spiro atoms. The summed E-state index contributed by atoms with van der Waals surface area (Å²) in [4.78, 5) is 2.92. The zero-order valence-electron chi connectivity index (χ0n) is 10.2. The summed E-state index contributed by atoms with van der Waals surface area (Å²) in [5.74, 6) is 0. The van der Waals surface area contributed by atoms with E-state index in [0.29, 0.717) is 10.3 Å². The summed E-state index contributed by atoms with van der Waals surface area (Å²) in [5, 5.41) is 15.3. The van der Waals surface area contributed by atoms with Crippen LogP contribution in [0.4, 0.5) is 0 Å². The predicted molar refractivity (Wildman–Crippen MR) is 75.1 cm³/mol. The molecule has 1 aromatic carbocycles. The van der Waals surface area contributed by atoms with Gasteiger partial charge in [-0.1, -0.05) is 33.2 Å². The summed E-state index contributed by atoms with van der Waals surface area (Å²) in [6, 6.07) is 10.9. The van der Waals surface area contributed by atoms with Gasteiger partial charge in [0.05, 0.1) is 0 Å². The second-order valence-electron chi connectivity index (χ2n) is 4.22. The van der Waals surface area contributed by atoms with Gasteiger partial charge in [-0.15, -0.1) is 0 Å². The number of aromatic nitrogens is 1. The molecule has 0 amide bonds. The van der Waals surface area contributed by atoms with Crippen molar-refractivity contribution < 1.29 is 4.73 Å². The number of rotatable bonds is 3. The molecule has 0 N–H and O–H groups in total. The molecular formula is C13H11BrN4O. The van der Waals surface area contributed by atoms with Gasteiger partial charge in [-0.3, -0.25) is 0 Å². The van der Waals surface area contributed by atoms with Crippen LogP contribution in [0.2, 0.25) is 0 Å². The topological polar surface area (TPSA) is 75.7 Å². The van der Waals surface area contributed by atoms with E-state index in [2.05, 4.69) is 26.0 Å². The van der Waals surface area contributed by atoms with Crippen LogP contribution in [-0.2, 0) is 5.54 Å². The zero-order chi connectivity index (χ0) is 13.9. The molecule has 0 aliphatic heterocycles. The molecule has 96 valence electrons. The maximum absolute atomic E-state index is 11.4. The number of pyridine rings is 1. The third-order valence-corrected chi connectivity index (χ3v) is 3.46.